The molecule has 0 saturated carbocycles. The van der Waals surface area contributed by atoms with Gasteiger partial charge in [0.15, 0.2) is 11.6 Å². The summed E-state index contributed by atoms with van der Waals surface area (Å²) in [4.78, 5) is 0. The van der Waals surface area contributed by atoms with Crippen molar-refractivity contribution < 1.29 is 18.3 Å². The van der Waals surface area contributed by atoms with E-state index in [-0.39, 0.29) is 6.61 Å². The fourth-order valence-corrected chi connectivity index (χ4v) is 2.03. The van der Waals surface area contributed by atoms with E-state index in [0.717, 1.165) is 31.6 Å². The molecule has 1 aromatic carbocycles. The van der Waals surface area contributed by atoms with Crippen LogP contribution >= 0.6 is 0 Å². The van der Waals surface area contributed by atoms with Crippen molar-refractivity contribution >= 4 is 0 Å². The zero-order valence-electron chi connectivity index (χ0n) is 10.1. The molecule has 1 unspecified atom stereocenters. The van der Waals surface area contributed by atoms with Gasteiger partial charge in [-0.1, -0.05) is 6.07 Å². The lowest BCUT2D eigenvalue weighted by Gasteiger charge is -2.35. The monoisotopic (exact) mass is 257 g/mol. The molecule has 0 bridgehead atoms. The van der Waals surface area contributed by atoms with Crippen molar-refractivity contribution in [3.05, 3.63) is 35.4 Å². The van der Waals surface area contributed by atoms with Crippen molar-refractivity contribution in [1.82, 2.24) is 0 Å². The van der Waals surface area contributed by atoms with Crippen molar-refractivity contribution in [3.8, 4) is 0 Å². The highest BCUT2D eigenvalue weighted by Crippen LogP contribution is 2.24. The van der Waals surface area contributed by atoms with Crippen LogP contribution in [0, 0.1) is 11.6 Å². The van der Waals surface area contributed by atoms with Gasteiger partial charge in [-0.15, -0.1) is 0 Å². The Hall–Kier alpha value is -1.04. The van der Waals surface area contributed by atoms with Crippen molar-refractivity contribution in [3.63, 3.8) is 0 Å². The van der Waals surface area contributed by atoms with E-state index in [4.69, 9.17) is 15.2 Å². The highest BCUT2D eigenvalue weighted by Gasteiger charge is 2.32. The molecule has 100 valence electrons. The summed E-state index contributed by atoms with van der Waals surface area (Å²) in [7, 11) is 0. The SMILES string of the molecule is NCC1(OCc2ccc(F)c(F)c2)CCCOC1. The van der Waals surface area contributed by atoms with Gasteiger partial charge in [0.1, 0.15) is 5.60 Å². The quantitative estimate of drug-likeness (QED) is 0.897. The van der Waals surface area contributed by atoms with Crippen molar-refractivity contribution in [2.45, 2.75) is 25.0 Å². The van der Waals surface area contributed by atoms with Crippen LogP contribution in [0.5, 0.6) is 0 Å². The van der Waals surface area contributed by atoms with E-state index in [0.29, 0.717) is 18.7 Å². The van der Waals surface area contributed by atoms with Gasteiger partial charge in [-0.3, -0.25) is 0 Å². The number of benzene rings is 1. The van der Waals surface area contributed by atoms with Crippen LogP contribution in [0.1, 0.15) is 18.4 Å². The van der Waals surface area contributed by atoms with Crippen LogP contribution in [0.2, 0.25) is 0 Å². The Bertz CT molecular complexity index is 406. The molecule has 1 heterocycles. The summed E-state index contributed by atoms with van der Waals surface area (Å²) in [5.41, 5.74) is 5.81. The Labute approximate surface area is 105 Å². The Balaban J connectivity index is 1.98. The van der Waals surface area contributed by atoms with Crippen LogP contribution < -0.4 is 5.73 Å². The van der Waals surface area contributed by atoms with E-state index in [2.05, 4.69) is 0 Å². The molecule has 1 aliphatic heterocycles. The Kier molecular flexibility index (Phi) is 4.27. The fourth-order valence-electron chi connectivity index (χ4n) is 2.03. The number of nitrogens with two attached hydrogens (primary N) is 1. The summed E-state index contributed by atoms with van der Waals surface area (Å²) >= 11 is 0. The molecule has 1 aromatic rings. The van der Waals surface area contributed by atoms with Gasteiger partial charge < -0.3 is 15.2 Å². The second-order valence-corrected chi connectivity index (χ2v) is 4.58. The van der Waals surface area contributed by atoms with Crippen LogP contribution in [-0.2, 0) is 16.1 Å². The van der Waals surface area contributed by atoms with E-state index >= 15 is 0 Å². The molecule has 3 nitrogen and oxygen atoms in total. The van der Waals surface area contributed by atoms with Gasteiger partial charge in [-0.2, -0.15) is 0 Å². The third-order valence-corrected chi connectivity index (χ3v) is 3.19. The van der Waals surface area contributed by atoms with Gasteiger partial charge in [0.2, 0.25) is 0 Å². The first kappa shape index (κ1) is 13.4. The molecule has 0 aromatic heterocycles. The summed E-state index contributed by atoms with van der Waals surface area (Å²) in [5.74, 6) is -1.72. The first-order valence-corrected chi connectivity index (χ1v) is 6.01. The average molecular weight is 257 g/mol. The van der Waals surface area contributed by atoms with Gasteiger partial charge >= 0.3 is 0 Å². The second-order valence-electron chi connectivity index (χ2n) is 4.58. The first-order chi connectivity index (χ1) is 8.65. The number of hydrogen-bond donors (Lipinski definition) is 1. The molecule has 2 N–H and O–H groups in total. The molecule has 0 amide bonds. The van der Waals surface area contributed by atoms with E-state index in [1.165, 1.54) is 6.07 Å². The summed E-state index contributed by atoms with van der Waals surface area (Å²) in [5, 5.41) is 0. The van der Waals surface area contributed by atoms with Crippen molar-refractivity contribution in [1.29, 1.82) is 0 Å². The van der Waals surface area contributed by atoms with Crippen LogP contribution in [0.25, 0.3) is 0 Å². The van der Waals surface area contributed by atoms with E-state index in [1.807, 2.05) is 0 Å². The molecular weight excluding hydrogens is 240 g/mol. The van der Waals surface area contributed by atoms with Gasteiger partial charge in [0, 0.05) is 13.2 Å². The lowest BCUT2D eigenvalue weighted by molar-refractivity contribution is -0.130. The molecule has 0 aliphatic carbocycles. The normalized spacial score (nSPS) is 24.2. The van der Waals surface area contributed by atoms with Crippen LogP contribution in [0.15, 0.2) is 18.2 Å². The van der Waals surface area contributed by atoms with Gasteiger partial charge in [0.25, 0.3) is 0 Å². The highest BCUT2D eigenvalue weighted by molar-refractivity contribution is 5.17. The van der Waals surface area contributed by atoms with Gasteiger partial charge in [0.05, 0.1) is 13.2 Å². The minimum Gasteiger partial charge on any atom is -0.378 e. The Morgan fingerprint density at radius 2 is 2.17 bits per heavy atom. The van der Waals surface area contributed by atoms with E-state index < -0.39 is 17.2 Å². The molecule has 1 atom stereocenters. The van der Waals surface area contributed by atoms with Crippen LogP contribution in [-0.4, -0.2) is 25.4 Å². The number of rotatable bonds is 4. The fraction of sp³-hybridized carbons (Fsp3) is 0.538. The highest BCUT2D eigenvalue weighted by atomic mass is 19.2. The topological polar surface area (TPSA) is 44.5 Å². The maximum Gasteiger partial charge on any atom is 0.159 e. The summed E-state index contributed by atoms with van der Waals surface area (Å²) in [6, 6.07) is 3.75. The molecule has 2 rings (SSSR count). The lowest BCUT2D eigenvalue weighted by atomic mass is 9.96. The van der Waals surface area contributed by atoms with Crippen LogP contribution in [0.3, 0.4) is 0 Å². The number of ether oxygens (including phenoxy) is 2. The van der Waals surface area contributed by atoms with Crippen molar-refractivity contribution in [2.75, 3.05) is 19.8 Å². The predicted octanol–water partition coefficient (Wildman–Crippen LogP) is 1.99. The predicted molar refractivity (Wildman–Crippen MR) is 63.0 cm³/mol. The summed E-state index contributed by atoms with van der Waals surface area (Å²) in [6.07, 6.45) is 1.72. The smallest absolute Gasteiger partial charge is 0.159 e. The standard InChI is InChI=1S/C13H17F2NO2/c14-11-3-2-10(6-12(11)15)7-18-13(8-16)4-1-5-17-9-13/h2-3,6H,1,4-5,7-9,16H2. The van der Waals surface area contributed by atoms with Gasteiger partial charge in [-0.05, 0) is 30.5 Å². The number of hydrogen-bond acceptors (Lipinski definition) is 3. The Morgan fingerprint density at radius 1 is 1.33 bits per heavy atom. The molecule has 5 heteroatoms. The largest absolute Gasteiger partial charge is 0.378 e. The van der Waals surface area contributed by atoms with E-state index in [1.54, 1.807) is 0 Å². The zero-order valence-corrected chi connectivity index (χ0v) is 10.1. The summed E-state index contributed by atoms with van der Waals surface area (Å²) in [6.45, 7) is 1.73. The number of halogens is 2. The maximum absolute atomic E-state index is 13.0. The summed E-state index contributed by atoms with van der Waals surface area (Å²) < 4.78 is 37.0. The third kappa shape index (κ3) is 3.04. The molecule has 0 spiro atoms. The minimum absolute atomic E-state index is 0.206. The minimum atomic E-state index is -0.863. The molecule has 0 radical (unpaired) electrons. The Morgan fingerprint density at radius 3 is 2.78 bits per heavy atom. The van der Waals surface area contributed by atoms with Crippen molar-refractivity contribution in [2.24, 2.45) is 5.73 Å². The molecular formula is C13H17F2NO2. The lowest BCUT2D eigenvalue weighted by Crippen LogP contribution is -2.47. The molecule has 1 fully saturated rings. The third-order valence-electron chi connectivity index (χ3n) is 3.19. The average Bonchev–Trinajstić information content (AvgIpc) is 2.41. The molecule has 18 heavy (non-hydrogen) atoms. The van der Waals surface area contributed by atoms with Gasteiger partial charge in [-0.25, -0.2) is 8.78 Å². The van der Waals surface area contributed by atoms with Crippen LogP contribution in [0.4, 0.5) is 8.78 Å². The zero-order chi connectivity index (χ0) is 13.0. The molecule has 1 aliphatic rings. The van der Waals surface area contributed by atoms with E-state index in [9.17, 15) is 8.78 Å². The maximum atomic E-state index is 13.0. The molecule has 1 saturated heterocycles. The second kappa shape index (κ2) is 5.73. The first-order valence-electron chi connectivity index (χ1n) is 6.01.